The highest BCUT2D eigenvalue weighted by Crippen LogP contribution is 2.54. The quantitative estimate of drug-likeness (QED) is 0.804. The summed E-state index contributed by atoms with van der Waals surface area (Å²) in [5, 5.41) is 2.92. The SMILES string of the molecule is COc1ccc(N)c(NC(=O)C2CC3CC3C2)c1. The van der Waals surface area contributed by atoms with Gasteiger partial charge >= 0.3 is 0 Å². The van der Waals surface area contributed by atoms with Gasteiger partial charge in [-0.3, -0.25) is 4.79 Å². The van der Waals surface area contributed by atoms with Crippen LogP contribution in [-0.4, -0.2) is 13.0 Å². The summed E-state index contributed by atoms with van der Waals surface area (Å²) >= 11 is 0. The average molecular weight is 246 g/mol. The second kappa shape index (κ2) is 4.19. The molecule has 0 radical (unpaired) electrons. The number of amides is 1. The number of hydrogen-bond acceptors (Lipinski definition) is 3. The first kappa shape index (κ1) is 11.4. The van der Waals surface area contributed by atoms with Gasteiger partial charge in [-0.2, -0.15) is 0 Å². The summed E-state index contributed by atoms with van der Waals surface area (Å²) in [6.07, 6.45) is 3.41. The van der Waals surface area contributed by atoms with Gasteiger partial charge in [0, 0.05) is 12.0 Å². The van der Waals surface area contributed by atoms with Crippen molar-refractivity contribution in [2.45, 2.75) is 19.3 Å². The number of rotatable bonds is 3. The molecule has 0 aliphatic heterocycles. The van der Waals surface area contributed by atoms with Gasteiger partial charge in [-0.05, 0) is 43.2 Å². The van der Waals surface area contributed by atoms with E-state index in [0.29, 0.717) is 17.1 Å². The Morgan fingerprint density at radius 1 is 1.33 bits per heavy atom. The molecule has 0 heterocycles. The summed E-state index contributed by atoms with van der Waals surface area (Å²) in [4.78, 5) is 12.1. The molecule has 1 aromatic carbocycles. The van der Waals surface area contributed by atoms with Crippen LogP contribution in [0.15, 0.2) is 18.2 Å². The number of carbonyl (C=O) groups is 1. The molecule has 2 saturated carbocycles. The van der Waals surface area contributed by atoms with E-state index in [1.165, 1.54) is 6.42 Å². The van der Waals surface area contributed by atoms with Crippen LogP contribution >= 0.6 is 0 Å². The molecule has 1 aromatic rings. The number of anilines is 2. The fourth-order valence-electron chi connectivity index (χ4n) is 2.93. The van der Waals surface area contributed by atoms with Crippen molar-refractivity contribution in [3.63, 3.8) is 0 Å². The number of ether oxygens (including phenoxy) is 1. The molecule has 4 nitrogen and oxygen atoms in total. The third-order valence-electron chi connectivity index (χ3n) is 4.13. The smallest absolute Gasteiger partial charge is 0.227 e. The van der Waals surface area contributed by atoms with Crippen LogP contribution in [0.4, 0.5) is 11.4 Å². The monoisotopic (exact) mass is 246 g/mol. The van der Waals surface area contributed by atoms with Crippen LogP contribution in [0.1, 0.15) is 19.3 Å². The maximum atomic E-state index is 12.1. The minimum absolute atomic E-state index is 0.0992. The van der Waals surface area contributed by atoms with Gasteiger partial charge in [-0.25, -0.2) is 0 Å². The molecule has 0 saturated heterocycles. The summed E-state index contributed by atoms with van der Waals surface area (Å²) in [5.74, 6) is 2.59. The number of fused-ring (bicyclic) bond motifs is 1. The zero-order valence-corrected chi connectivity index (χ0v) is 10.5. The molecule has 96 valence electrons. The Bertz CT molecular complexity index is 477. The van der Waals surface area contributed by atoms with E-state index in [-0.39, 0.29) is 11.8 Å². The highest BCUT2D eigenvalue weighted by molar-refractivity contribution is 5.95. The van der Waals surface area contributed by atoms with Crippen molar-refractivity contribution >= 4 is 17.3 Å². The number of benzene rings is 1. The van der Waals surface area contributed by atoms with Gasteiger partial charge in [0.1, 0.15) is 5.75 Å². The first-order valence-corrected chi connectivity index (χ1v) is 6.41. The number of carbonyl (C=O) groups excluding carboxylic acids is 1. The van der Waals surface area contributed by atoms with Gasteiger partial charge in [0.15, 0.2) is 0 Å². The predicted octanol–water partition coefficient (Wildman–Crippen LogP) is 2.26. The molecule has 2 fully saturated rings. The molecule has 0 aromatic heterocycles. The fourth-order valence-corrected chi connectivity index (χ4v) is 2.93. The Hall–Kier alpha value is -1.71. The lowest BCUT2D eigenvalue weighted by atomic mass is 10.0. The first-order valence-electron chi connectivity index (χ1n) is 6.41. The third kappa shape index (κ3) is 2.03. The van der Waals surface area contributed by atoms with Gasteiger partial charge in [0.2, 0.25) is 5.91 Å². The molecular weight excluding hydrogens is 228 g/mol. The van der Waals surface area contributed by atoms with Crippen LogP contribution in [0.2, 0.25) is 0 Å². The zero-order valence-electron chi connectivity index (χ0n) is 10.5. The van der Waals surface area contributed by atoms with Gasteiger partial charge in [-0.15, -0.1) is 0 Å². The van der Waals surface area contributed by atoms with Gasteiger partial charge in [0.05, 0.1) is 18.5 Å². The number of hydrogen-bond donors (Lipinski definition) is 2. The van der Waals surface area contributed by atoms with E-state index in [4.69, 9.17) is 10.5 Å². The molecule has 18 heavy (non-hydrogen) atoms. The van der Waals surface area contributed by atoms with E-state index in [9.17, 15) is 4.79 Å². The van der Waals surface area contributed by atoms with Crippen molar-refractivity contribution in [1.82, 2.24) is 0 Å². The predicted molar refractivity (Wildman–Crippen MR) is 70.4 cm³/mol. The summed E-state index contributed by atoms with van der Waals surface area (Å²) in [7, 11) is 1.60. The molecule has 0 spiro atoms. The largest absolute Gasteiger partial charge is 0.497 e. The molecule has 2 atom stereocenters. The maximum absolute atomic E-state index is 12.1. The minimum atomic E-state index is 0.0992. The third-order valence-corrected chi connectivity index (χ3v) is 4.13. The number of nitrogens with one attached hydrogen (secondary N) is 1. The normalized spacial score (nSPS) is 28.6. The zero-order chi connectivity index (χ0) is 12.7. The lowest BCUT2D eigenvalue weighted by Crippen LogP contribution is -2.22. The fraction of sp³-hybridized carbons (Fsp3) is 0.500. The van der Waals surface area contributed by atoms with Crippen LogP contribution < -0.4 is 15.8 Å². The highest BCUT2D eigenvalue weighted by Gasteiger charge is 2.48. The Morgan fingerprint density at radius 2 is 2.06 bits per heavy atom. The van der Waals surface area contributed by atoms with Gasteiger partial charge < -0.3 is 15.8 Å². The van der Waals surface area contributed by atoms with Crippen LogP contribution in [0.5, 0.6) is 5.75 Å². The van der Waals surface area contributed by atoms with Crippen molar-refractivity contribution in [1.29, 1.82) is 0 Å². The molecule has 3 N–H and O–H groups in total. The average Bonchev–Trinajstić information content (AvgIpc) is 2.98. The van der Waals surface area contributed by atoms with Crippen LogP contribution in [0.25, 0.3) is 0 Å². The van der Waals surface area contributed by atoms with E-state index < -0.39 is 0 Å². The number of methoxy groups -OCH3 is 1. The lowest BCUT2D eigenvalue weighted by molar-refractivity contribution is -0.119. The Kier molecular flexibility index (Phi) is 2.65. The van der Waals surface area contributed by atoms with Gasteiger partial charge in [-0.1, -0.05) is 0 Å². The van der Waals surface area contributed by atoms with Crippen molar-refractivity contribution in [2.75, 3.05) is 18.2 Å². The van der Waals surface area contributed by atoms with Crippen molar-refractivity contribution < 1.29 is 9.53 Å². The Balaban J connectivity index is 1.69. The first-order chi connectivity index (χ1) is 8.67. The van der Waals surface area contributed by atoms with E-state index in [2.05, 4.69) is 5.32 Å². The lowest BCUT2D eigenvalue weighted by Gasteiger charge is -2.14. The van der Waals surface area contributed by atoms with Crippen molar-refractivity contribution in [2.24, 2.45) is 17.8 Å². The maximum Gasteiger partial charge on any atom is 0.227 e. The van der Waals surface area contributed by atoms with E-state index >= 15 is 0 Å². The topological polar surface area (TPSA) is 64.3 Å². The number of nitrogen functional groups attached to an aromatic ring is 1. The summed E-state index contributed by atoms with van der Waals surface area (Å²) < 4.78 is 5.13. The second-order valence-corrected chi connectivity index (χ2v) is 5.37. The van der Waals surface area contributed by atoms with E-state index in [0.717, 1.165) is 24.7 Å². The molecule has 2 aliphatic carbocycles. The van der Waals surface area contributed by atoms with E-state index in [1.54, 1.807) is 25.3 Å². The summed E-state index contributed by atoms with van der Waals surface area (Å²) in [6.45, 7) is 0. The molecule has 1 amide bonds. The molecule has 2 unspecified atom stereocenters. The molecule has 3 rings (SSSR count). The molecule has 4 heteroatoms. The summed E-state index contributed by atoms with van der Waals surface area (Å²) in [6, 6.07) is 5.30. The Morgan fingerprint density at radius 3 is 2.72 bits per heavy atom. The minimum Gasteiger partial charge on any atom is -0.497 e. The number of nitrogens with two attached hydrogens (primary N) is 1. The standard InChI is InChI=1S/C14H18N2O2/c1-18-11-2-3-12(15)13(7-11)16-14(17)10-5-8-4-9(8)6-10/h2-3,7-10H,4-6,15H2,1H3,(H,16,17). The molecule has 0 bridgehead atoms. The van der Waals surface area contributed by atoms with Gasteiger partial charge in [0.25, 0.3) is 0 Å². The molecule has 2 aliphatic rings. The Labute approximate surface area is 107 Å². The van der Waals surface area contributed by atoms with E-state index in [1.807, 2.05) is 0 Å². The van der Waals surface area contributed by atoms with Crippen LogP contribution in [0.3, 0.4) is 0 Å². The van der Waals surface area contributed by atoms with Crippen LogP contribution in [-0.2, 0) is 4.79 Å². The van der Waals surface area contributed by atoms with Crippen molar-refractivity contribution in [3.8, 4) is 5.75 Å². The van der Waals surface area contributed by atoms with Crippen molar-refractivity contribution in [3.05, 3.63) is 18.2 Å². The highest BCUT2D eigenvalue weighted by atomic mass is 16.5. The van der Waals surface area contributed by atoms with Crippen LogP contribution in [0, 0.1) is 17.8 Å². The summed E-state index contributed by atoms with van der Waals surface area (Å²) in [5.41, 5.74) is 7.09. The second-order valence-electron chi connectivity index (χ2n) is 5.37. The molecular formula is C14H18N2O2.